The Hall–Kier alpha value is -2.10. The Morgan fingerprint density at radius 3 is 1.41 bits per heavy atom. The van der Waals surface area contributed by atoms with Crippen LogP contribution in [-0.2, 0) is 0 Å². The molecule has 0 aliphatic carbocycles. The first kappa shape index (κ1) is 21.6. The molecule has 0 bridgehead atoms. The lowest BCUT2D eigenvalue weighted by Crippen LogP contribution is -2.64. The molecule has 0 heterocycles. The molecule has 0 fully saturated rings. The highest BCUT2D eigenvalue weighted by molar-refractivity contribution is 7.01. The highest BCUT2D eigenvalue weighted by atomic mass is 28.4. The van der Waals surface area contributed by atoms with Crippen molar-refractivity contribution in [1.29, 1.82) is 0 Å². The maximum Gasteiger partial charge on any atom is 0.242 e. The molecular weight excluding hydrogens is 367 g/mol. The van der Waals surface area contributed by atoms with Crippen LogP contribution >= 0.6 is 0 Å². The molecule has 29 heavy (non-hydrogen) atoms. The summed E-state index contributed by atoms with van der Waals surface area (Å²) >= 11 is 0. The largest absolute Gasteiger partial charge is 0.428 e. The molecule has 0 saturated carbocycles. The summed E-state index contributed by atoms with van der Waals surface area (Å²) in [7, 11) is -2.50. The number of hydrogen-bond acceptors (Lipinski definition) is 1. The first-order valence-electron chi connectivity index (χ1n) is 10.5. The van der Waals surface area contributed by atoms with Gasteiger partial charge in [-0.05, 0) is 59.8 Å². The molecule has 0 unspecified atom stereocenters. The van der Waals surface area contributed by atoms with E-state index in [1.807, 2.05) is 13.1 Å². The second-order valence-corrected chi connectivity index (χ2v) is 12.9. The van der Waals surface area contributed by atoms with E-state index in [0.29, 0.717) is 0 Å². The van der Waals surface area contributed by atoms with Crippen LogP contribution in [0, 0.1) is 41.5 Å². The van der Waals surface area contributed by atoms with Crippen LogP contribution in [0.25, 0.3) is 0 Å². The molecule has 3 aromatic rings. The molecule has 0 atom stereocenters. The van der Waals surface area contributed by atoms with Gasteiger partial charge in [-0.2, -0.15) is 0 Å². The van der Waals surface area contributed by atoms with Crippen molar-refractivity contribution in [3.63, 3.8) is 0 Å². The van der Waals surface area contributed by atoms with E-state index in [9.17, 15) is 4.80 Å². The van der Waals surface area contributed by atoms with Gasteiger partial charge in [0, 0.05) is 0 Å². The SMILES string of the molecule is Cc1cc(C)c(B(c2ccccc2[Si](C)(C)O)c2c(C)cc(C)cc2C)c(C)c1. The van der Waals surface area contributed by atoms with Crippen molar-refractivity contribution in [2.45, 2.75) is 54.6 Å². The van der Waals surface area contributed by atoms with E-state index in [4.69, 9.17) is 0 Å². The van der Waals surface area contributed by atoms with E-state index in [1.54, 1.807) is 0 Å². The summed E-state index contributed by atoms with van der Waals surface area (Å²) in [5.74, 6) is 0. The maximum atomic E-state index is 11.1. The van der Waals surface area contributed by atoms with Crippen LogP contribution in [0.5, 0.6) is 0 Å². The lowest BCUT2D eigenvalue weighted by molar-refractivity contribution is 0.569. The minimum atomic E-state index is -2.50. The van der Waals surface area contributed by atoms with Crippen LogP contribution in [0.4, 0.5) is 0 Å². The van der Waals surface area contributed by atoms with Crippen LogP contribution in [0.2, 0.25) is 13.1 Å². The van der Waals surface area contributed by atoms with Gasteiger partial charge in [0.05, 0.1) is 0 Å². The van der Waals surface area contributed by atoms with Gasteiger partial charge in [0.2, 0.25) is 15.0 Å². The van der Waals surface area contributed by atoms with Crippen LogP contribution in [-0.4, -0.2) is 19.8 Å². The summed E-state index contributed by atoms with van der Waals surface area (Å²) in [6.07, 6.45) is 0. The van der Waals surface area contributed by atoms with Gasteiger partial charge in [-0.3, -0.25) is 0 Å². The molecule has 3 rings (SSSR count). The maximum absolute atomic E-state index is 11.1. The predicted octanol–water partition coefficient (Wildman–Crippen LogP) is 3.46. The zero-order chi connectivity index (χ0) is 21.5. The molecule has 150 valence electrons. The fraction of sp³-hybridized carbons (Fsp3) is 0.308. The van der Waals surface area contributed by atoms with Gasteiger partial charge in [-0.15, -0.1) is 0 Å². The molecule has 3 heteroatoms. The number of hydrogen-bond donors (Lipinski definition) is 1. The van der Waals surface area contributed by atoms with Gasteiger partial charge in [-0.1, -0.05) is 98.3 Å². The summed E-state index contributed by atoms with van der Waals surface area (Å²) in [6.45, 7) is 17.4. The average Bonchev–Trinajstić information content (AvgIpc) is 2.58. The molecule has 0 amide bonds. The zero-order valence-electron chi connectivity index (χ0n) is 19.1. The van der Waals surface area contributed by atoms with E-state index in [1.165, 1.54) is 49.8 Å². The van der Waals surface area contributed by atoms with Crippen molar-refractivity contribution in [2.75, 3.05) is 0 Å². The van der Waals surface area contributed by atoms with Gasteiger partial charge in [-0.25, -0.2) is 0 Å². The van der Waals surface area contributed by atoms with Crippen molar-refractivity contribution in [3.05, 3.63) is 81.9 Å². The number of benzene rings is 3. The summed E-state index contributed by atoms with van der Waals surface area (Å²) < 4.78 is 0. The van der Waals surface area contributed by atoms with Crippen molar-refractivity contribution in [1.82, 2.24) is 0 Å². The minimum absolute atomic E-state index is 0.117. The predicted molar refractivity (Wildman–Crippen MR) is 132 cm³/mol. The Morgan fingerprint density at radius 2 is 1.03 bits per heavy atom. The van der Waals surface area contributed by atoms with Crippen molar-refractivity contribution < 1.29 is 4.80 Å². The van der Waals surface area contributed by atoms with E-state index in [-0.39, 0.29) is 6.71 Å². The third-order valence-corrected chi connectivity index (χ3v) is 7.76. The molecular formula is C26H33BOSi. The third-order valence-electron chi connectivity index (χ3n) is 5.98. The van der Waals surface area contributed by atoms with Gasteiger partial charge >= 0.3 is 0 Å². The second-order valence-electron chi connectivity index (χ2n) is 9.20. The Balaban J connectivity index is 2.44. The molecule has 0 aliphatic heterocycles. The first-order chi connectivity index (χ1) is 13.5. The van der Waals surface area contributed by atoms with Crippen molar-refractivity contribution in [3.8, 4) is 0 Å². The summed E-state index contributed by atoms with van der Waals surface area (Å²) in [5.41, 5.74) is 11.9. The Bertz CT molecular complexity index is 959. The topological polar surface area (TPSA) is 20.2 Å². The van der Waals surface area contributed by atoms with E-state index in [2.05, 4.69) is 90.1 Å². The molecule has 1 N–H and O–H groups in total. The van der Waals surface area contributed by atoms with Crippen molar-refractivity contribution >= 4 is 36.6 Å². The lowest BCUT2D eigenvalue weighted by Gasteiger charge is -2.28. The lowest BCUT2D eigenvalue weighted by atomic mass is 9.34. The zero-order valence-corrected chi connectivity index (χ0v) is 20.1. The molecule has 0 aromatic heterocycles. The Kier molecular flexibility index (Phi) is 5.94. The van der Waals surface area contributed by atoms with E-state index >= 15 is 0 Å². The van der Waals surface area contributed by atoms with Gasteiger partial charge in [0.15, 0.2) is 0 Å². The van der Waals surface area contributed by atoms with Gasteiger partial charge in [0.1, 0.15) is 0 Å². The molecule has 3 aromatic carbocycles. The average molecular weight is 400 g/mol. The first-order valence-corrected chi connectivity index (χ1v) is 13.4. The third kappa shape index (κ3) is 4.27. The fourth-order valence-electron chi connectivity index (χ4n) is 5.05. The monoisotopic (exact) mass is 400 g/mol. The molecule has 0 aliphatic rings. The van der Waals surface area contributed by atoms with Gasteiger partial charge < -0.3 is 4.80 Å². The van der Waals surface area contributed by atoms with Gasteiger partial charge in [0.25, 0.3) is 0 Å². The quantitative estimate of drug-likeness (QED) is 0.665. The van der Waals surface area contributed by atoms with Crippen LogP contribution < -0.4 is 21.6 Å². The fourth-order valence-corrected chi connectivity index (χ4v) is 6.49. The molecule has 0 radical (unpaired) electrons. The highest BCUT2D eigenvalue weighted by Gasteiger charge is 2.33. The standard InChI is InChI=1S/C26H33BOSi/c1-17-13-19(3)25(20(4)14-17)27(26-21(5)15-18(2)16-22(26)6)23-11-9-10-12-24(23)29(7,8)28/h9-16,28H,1-8H3. The molecule has 0 saturated heterocycles. The molecule has 0 spiro atoms. The smallest absolute Gasteiger partial charge is 0.242 e. The number of aryl methyl sites for hydroxylation is 6. The summed E-state index contributed by atoms with van der Waals surface area (Å²) in [5, 5.41) is 1.13. The van der Waals surface area contributed by atoms with E-state index in [0.717, 1.165) is 5.19 Å². The summed E-state index contributed by atoms with van der Waals surface area (Å²) in [4.78, 5) is 11.1. The summed E-state index contributed by atoms with van der Waals surface area (Å²) in [6, 6.07) is 17.7. The normalized spacial score (nSPS) is 11.6. The highest BCUT2D eigenvalue weighted by Crippen LogP contribution is 2.13. The van der Waals surface area contributed by atoms with Crippen LogP contribution in [0.3, 0.4) is 0 Å². The Labute approximate surface area is 178 Å². The van der Waals surface area contributed by atoms with Crippen LogP contribution in [0.15, 0.2) is 48.5 Å². The van der Waals surface area contributed by atoms with Crippen LogP contribution in [0.1, 0.15) is 33.4 Å². The second kappa shape index (κ2) is 7.97. The Morgan fingerprint density at radius 1 is 0.655 bits per heavy atom. The molecule has 1 nitrogen and oxygen atoms in total. The minimum Gasteiger partial charge on any atom is -0.428 e. The van der Waals surface area contributed by atoms with Crippen molar-refractivity contribution in [2.24, 2.45) is 0 Å². The van der Waals surface area contributed by atoms with E-state index < -0.39 is 8.32 Å². The number of rotatable bonds is 4.